The molecule has 0 aliphatic carbocycles. The smallest absolute Gasteiger partial charge is 0.410 e. The van der Waals surface area contributed by atoms with Crippen LogP contribution in [0.5, 0.6) is 0 Å². The minimum atomic E-state index is -0.537. The zero-order valence-corrected chi connectivity index (χ0v) is 22.4. The minimum Gasteiger partial charge on any atom is -0.466 e. The first kappa shape index (κ1) is 26.5. The molecular formula is C30H37N3O4. The number of aromatic nitrogens is 1. The largest absolute Gasteiger partial charge is 0.466 e. The van der Waals surface area contributed by atoms with Gasteiger partial charge in [0.15, 0.2) is 0 Å². The van der Waals surface area contributed by atoms with Gasteiger partial charge in [0.05, 0.1) is 13.2 Å². The number of carbonyl (C=O) groups excluding carboxylic acids is 2. The number of hydrogen-bond acceptors (Lipinski definition) is 5. The van der Waals surface area contributed by atoms with Gasteiger partial charge in [0, 0.05) is 48.9 Å². The van der Waals surface area contributed by atoms with Gasteiger partial charge in [-0.2, -0.15) is 0 Å². The van der Waals surface area contributed by atoms with Crippen molar-refractivity contribution in [3.05, 3.63) is 77.0 Å². The maximum Gasteiger partial charge on any atom is 0.410 e. The van der Waals surface area contributed by atoms with Crippen LogP contribution < -0.4 is 0 Å². The number of aromatic amines is 1. The monoisotopic (exact) mass is 503 g/mol. The normalized spacial score (nSPS) is 16.9. The summed E-state index contributed by atoms with van der Waals surface area (Å²) in [5, 5.41) is 1.27. The van der Waals surface area contributed by atoms with Crippen LogP contribution in [0.4, 0.5) is 4.79 Å². The van der Waals surface area contributed by atoms with Gasteiger partial charge in [-0.1, -0.05) is 42.5 Å². The first-order valence-electron chi connectivity index (χ1n) is 12.8. The zero-order chi connectivity index (χ0) is 26.6. The number of methoxy groups -OCH3 is 1. The van der Waals surface area contributed by atoms with Crippen LogP contribution in [-0.2, 0) is 20.7 Å². The fourth-order valence-corrected chi connectivity index (χ4v) is 4.87. The van der Waals surface area contributed by atoms with E-state index in [2.05, 4.69) is 57.9 Å². The lowest BCUT2D eigenvalue weighted by Crippen LogP contribution is -2.51. The Morgan fingerprint density at radius 2 is 1.81 bits per heavy atom. The van der Waals surface area contributed by atoms with Crippen molar-refractivity contribution in [1.29, 1.82) is 0 Å². The topological polar surface area (TPSA) is 74.9 Å². The van der Waals surface area contributed by atoms with Gasteiger partial charge in [0.25, 0.3) is 0 Å². The van der Waals surface area contributed by atoms with Crippen molar-refractivity contribution in [1.82, 2.24) is 14.8 Å². The average Bonchev–Trinajstić information content (AvgIpc) is 3.20. The predicted octanol–water partition coefficient (Wildman–Crippen LogP) is 5.50. The second-order valence-corrected chi connectivity index (χ2v) is 10.5. The van der Waals surface area contributed by atoms with Crippen molar-refractivity contribution in [3.63, 3.8) is 0 Å². The van der Waals surface area contributed by atoms with Crippen LogP contribution in [0.15, 0.2) is 54.6 Å². The van der Waals surface area contributed by atoms with Crippen molar-refractivity contribution in [2.75, 3.05) is 33.3 Å². The SMILES string of the molecule is COC(=O)/C=C/c1ccc(C2CN(C(=O)OC(C)(C)C)CCN2CCc2c(C)[nH]c3ccccc23)cc1. The summed E-state index contributed by atoms with van der Waals surface area (Å²) in [6, 6.07) is 16.6. The third kappa shape index (κ3) is 6.60. The van der Waals surface area contributed by atoms with Crippen molar-refractivity contribution in [3.8, 4) is 0 Å². The molecule has 196 valence electrons. The fraction of sp³-hybridized carbons (Fsp3) is 0.400. The number of benzene rings is 2. The second-order valence-electron chi connectivity index (χ2n) is 10.5. The number of nitrogens with one attached hydrogen (secondary N) is 1. The Labute approximate surface area is 219 Å². The molecule has 3 aromatic rings. The number of esters is 1. The molecule has 7 heteroatoms. The Kier molecular flexibility index (Phi) is 8.03. The van der Waals surface area contributed by atoms with Crippen LogP contribution in [-0.4, -0.2) is 65.7 Å². The lowest BCUT2D eigenvalue weighted by molar-refractivity contribution is -0.134. The van der Waals surface area contributed by atoms with E-state index in [1.807, 2.05) is 37.8 Å². The predicted molar refractivity (Wildman–Crippen MR) is 146 cm³/mol. The summed E-state index contributed by atoms with van der Waals surface area (Å²) in [4.78, 5) is 32.1. The minimum absolute atomic E-state index is 0.0328. The van der Waals surface area contributed by atoms with Gasteiger partial charge in [0.2, 0.25) is 0 Å². The van der Waals surface area contributed by atoms with Gasteiger partial charge >= 0.3 is 12.1 Å². The number of para-hydroxylation sites is 1. The molecule has 1 saturated heterocycles. The molecule has 1 amide bonds. The molecular weight excluding hydrogens is 466 g/mol. The number of amides is 1. The van der Waals surface area contributed by atoms with Crippen LogP contribution >= 0.6 is 0 Å². The highest BCUT2D eigenvalue weighted by molar-refractivity contribution is 5.87. The summed E-state index contributed by atoms with van der Waals surface area (Å²) < 4.78 is 10.4. The fourth-order valence-electron chi connectivity index (χ4n) is 4.87. The molecule has 1 atom stereocenters. The highest BCUT2D eigenvalue weighted by Crippen LogP contribution is 2.29. The average molecular weight is 504 g/mol. The van der Waals surface area contributed by atoms with Gasteiger partial charge in [-0.15, -0.1) is 0 Å². The van der Waals surface area contributed by atoms with Gasteiger partial charge in [-0.25, -0.2) is 9.59 Å². The molecule has 2 heterocycles. The highest BCUT2D eigenvalue weighted by Gasteiger charge is 2.33. The van der Waals surface area contributed by atoms with Crippen molar-refractivity contribution in [2.45, 2.75) is 45.8 Å². The Hall–Kier alpha value is -3.58. The summed E-state index contributed by atoms with van der Waals surface area (Å²) in [6.07, 6.45) is 3.79. The number of carbonyl (C=O) groups is 2. The molecule has 1 fully saturated rings. The van der Waals surface area contributed by atoms with Crippen LogP contribution in [0, 0.1) is 6.92 Å². The molecule has 37 heavy (non-hydrogen) atoms. The number of fused-ring (bicyclic) bond motifs is 1. The number of aryl methyl sites for hydroxylation is 1. The molecule has 1 aliphatic rings. The van der Waals surface area contributed by atoms with Gasteiger partial charge in [-0.05, 0) is 62.9 Å². The maximum atomic E-state index is 12.9. The molecule has 1 unspecified atom stereocenters. The van der Waals surface area contributed by atoms with Gasteiger partial charge in [-0.3, -0.25) is 4.90 Å². The lowest BCUT2D eigenvalue weighted by atomic mass is 9.99. The molecule has 0 bridgehead atoms. The third-order valence-electron chi connectivity index (χ3n) is 6.75. The van der Waals surface area contributed by atoms with Crippen molar-refractivity contribution >= 4 is 29.0 Å². The maximum absolute atomic E-state index is 12.9. The Balaban J connectivity index is 1.55. The van der Waals surface area contributed by atoms with E-state index in [1.54, 1.807) is 6.08 Å². The third-order valence-corrected chi connectivity index (χ3v) is 6.75. The molecule has 0 spiro atoms. The van der Waals surface area contributed by atoms with Crippen LogP contribution in [0.3, 0.4) is 0 Å². The quantitative estimate of drug-likeness (QED) is 0.355. The Bertz CT molecular complexity index is 1270. The van der Waals surface area contributed by atoms with E-state index in [0.717, 1.165) is 36.2 Å². The van der Waals surface area contributed by atoms with Crippen LogP contribution in [0.25, 0.3) is 17.0 Å². The second kappa shape index (κ2) is 11.2. The van der Waals surface area contributed by atoms with E-state index in [1.165, 1.54) is 29.8 Å². The molecule has 0 saturated carbocycles. The molecule has 7 nitrogen and oxygen atoms in total. The van der Waals surface area contributed by atoms with Crippen LogP contribution in [0.2, 0.25) is 0 Å². The number of H-pyrrole nitrogens is 1. The molecule has 0 radical (unpaired) electrons. The lowest BCUT2D eigenvalue weighted by Gasteiger charge is -2.42. The van der Waals surface area contributed by atoms with Crippen molar-refractivity contribution < 1.29 is 19.1 Å². The van der Waals surface area contributed by atoms with E-state index < -0.39 is 5.60 Å². The molecule has 4 rings (SSSR count). The standard InChI is InChI=1S/C30H37N3O4/c1-21-24(25-8-6-7-9-26(25)31-21)16-17-32-18-19-33(29(35)37-30(2,3)4)20-27(32)23-13-10-22(11-14-23)12-15-28(34)36-5/h6-15,27,31H,16-20H2,1-5H3/b15-12+. The Morgan fingerprint density at radius 3 is 2.51 bits per heavy atom. The highest BCUT2D eigenvalue weighted by atomic mass is 16.6. The number of hydrogen-bond donors (Lipinski definition) is 1. The van der Waals surface area contributed by atoms with Gasteiger partial charge in [0.1, 0.15) is 5.60 Å². The van der Waals surface area contributed by atoms with Crippen LogP contribution in [0.1, 0.15) is 49.2 Å². The summed E-state index contributed by atoms with van der Waals surface area (Å²) in [7, 11) is 1.36. The Morgan fingerprint density at radius 1 is 1.08 bits per heavy atom. The van der Waals surface area contributed by atoms with Crippen molar-refractivity contribution in [2.24, 2.45) is 0 Å². The first-order valence-corrected chi connectivity index (χ1v) is 12.8. The molecule has 2 aromatic carbocycles. The molecule has 1 aromatic heterocycles. The number of piperazine rings is 1. The first-order chi connectivity index (χ1) is 17.6. The number of ether oxygens (including phenoxy) is 2. The van der Waals surface area contributed by atoms with Gasteiger partial charge < -0.3 is 19.4 Å². The molecule has 1 aliphatic heterocycles. The van der Waals surface area contributed by atoms with E-state index in [9.17, 15) is 9.59 Å². The summed E-state index contributed by atoms with van der Waals surface area (Å²) >= 11 is 0. The molecule has 1 N–H and O–H groups in total. The number of nitrogens with zero attached hydrogens (tertiary/aromatic N) is 2. The van der Waals surface area contributed by atoms with E-state index in [-0.39, 0.29) is 18.1 Å². The summed E-state index contributed by atoms with van der Waals surface area (Å²) in [5.74, 6) is -0.386. The summed E-state index contributed by atoms with van der Waals surface area (Å²) in [5.41, 5.74) is 5.20. The van der Waals surface area contributed by atoms with E-state index in [0.29, 0.717) is 13.1 Å². The van der Waals surface area contributed by atoms with E-state index >= 15 is 0 Å². The number of rotatable bonds is 6. The zero-order valence-electron chi connectivity index (χ0n) is 22.4. The summed E-state index contributed by atoms with van der Waals surface area (Å²) in [6.45, 7) is 10.6. The van der Waals surface area contributed by atoms with E-state index in [4.69, 9.17) is 4.74 Å².